The van der Waals surface area contributed by atoms with Gasteiger partial charge in [-0.05, 0) is 80.5 Å². The standard InChI is InChI=1S/C19H27NO/c1-20-18-6-2-5-17-16(18)4-3-7-19(17)21-12-15-11-13-8-9-14(15)10-13/h3-4,7,13-15,18,20H,2,5-6,8-12H2,1H3. The van der Waals surface area contributed by atoms with Crippen LogP contribution in [0.4, 0.5) is 0 Å². The van der Waals surface area contributed by atoms with E-state index in [1.54, 1.807) is 0 Å². The van der Waals surface area contributed by atoms with Gasteiger partial charge in [-0.3, -0.25) is 0 Å². The first-order valence-corrected chi connectivity index (χ1v) is 8.77. The van der Waals surface area contributed by atoms with Crippen LogP contribution in [0, 0.1) is 17.8 Å². The van der Waals surface area contributed by atoms with Gasteiger partial charge in [0.25, 0.3) is 0 Å². The molecule has 3 aliphatic carbocycles. The molecule has 3 aliphatic rings. The Balaban J connectivity index is 1.48. The summed E-state index contributed by atoms with van der Waals surface area (Å²) in [6, 6.07) is 7.15. The van der Waals surface area contributed by atoms with Crippen molar-refractivity contribution in [1.82, 2.24) is 5.32 Å². The van der Waals surface area contributed by atoms with Crippen molar-refractivity contribution in [2.24, 2.45) is 17.8 Å². The predicted molar refractivity (Wildman–Crippen MR) is 85.6 cm³/mol. The van der Waals surface area contributed by atoms with Crippen LogP contribution < -0.4 is 10.1 Å². The highest BCUT2D eigenvalue weighted by Gasteiger charge is 2.39. The molecule has 1 N–H and O–H groups in total. The third kappa shape index (κ3) is 2.48. The van der Waals surface area contributed by atoms with Crippen LogP contribution in [-0.2, 0) is 6.42 Å². The average molecular weight is 285 g/mol. The molecule has 2 bridgehead atoms. The number of ether oxygens (including phenoxy) is 1. The van der Waals surface area contributed by atoms with E-state index in [1.165, 1.54) is 56.1 Å². The summed E-state index contributed by atoms with van der Waals surface area (Å²) in [6.07, 6.45) is 9.52. The van der Waals surface area contributed by atoms with Crippen molar-refractivity contribution in [1.29, 1.82) is 0 Å². The Bertz CT molecular complexity index is 512. The van der Waals surface area contributed by atoms with E-state index in [9.17, 15) is 0 Å². The molecule has 0 radical (unpaired) electrons. The summed E-state index contributed by atoms with van der Waals surface area (Å²) in [5.74, 6) is 3.96. The summed E-state index contributed by atoms with van der Waals surface area (Å²) < 4.78 is 6.31. The summed E-state index contributed by atoms with van der Waals surface area (Å²) >= 11 is 0. The molecule has 21 heavy (non-hydrogen) atoms. The molecule has 0 heterocycles. The lowest BCUT2D eigenvalue weighted by atomic mass is 9.87. The number of fused-ring (bicyclic) bond motifs is 3. The fourth-order valence-corrected chi connectivity index (χ4v) is 5.03. The minimum absolute atomic E-state index is 0.514. The molecular formula is C19H27NO. The van der Waals surface area contributed by atoms with Crippen molar-refractivity contribution in [3.05, 3.63) is 29.3 Å². The van der Waals surface area contributed by atoms with Crippen LogP contribution in [0.1, 0.15) is 55.7 Å². The number of benzene rings is 1. The maximum absolute atomic E-state index is 6.31. The van der Waals surface area contributed by atoms with Gasteiger partial charge in [0.1, 0.15) is 5.75 Å². The van der Waals surface area contributed by atoms with Gasteiger partial charge in [0.05, 0.1) is 6.61 Å². The maximum Gasteiger partial charge on any atom is 0.122 e. The van der Waals surface area contributed by atoms with Crippen molar-refractivity contribution in [3.63, 3.8) is 0 Å². The van der Waals surface area contributed by atoms with Crippen LogP contribution in [0.15, 0.2) is 18.2 Å². The summed E-state index contributed by atoms with van der Waals surface area (Å²) in [5, 5.41) is 3.45. The van der Waals surface area contributed by atoms with Gasteiger partial charge in [0, 0.05) is 6.04 Å². The first kappa shape index (κ1) is 13.6. The van der Waals surface area contributed by atoms with Crippen LogP contribution in [-0.4, -0.2) is 13.7 Å². The highest BCUT2D eigenvalue weighted by molar-refractivity contribution is 5.43. The molecule has 0 aliphatic heterocycles. The van der Waals surface area contributed by atoms with Gasteiger partial charge in [-0.2, -0.15) is 0 Å². The first-order valence-electron chi connectivity index (χ1n) is 8.77. The number of rotatable bonds is 4. The Hall–Kier alpha value is -1.02. The third-order valence-corrected chi connectivity index (χ3v) is 6.15. The molecule has 0 spiro atoms. The van der Waals surface area contributed by atoms with Crippen LogP contribution in [0.25, 0.3) is 0 Å². The number of hydrogen-bond acceptors (Lipinski definition) is 2. The second-order valence-corrected chi connectivity index (χ2v) is 7.30. The van der Waals surface area contributed by atoms with Crippen LogP contribution >= 0.6 is 0 Å². The van der Waals surface area contributed by atoms with Crippen LogP contribution in [0.3, 0.4) is 0 Å². The molecule has 0 aromatic heterocycles. The molecular weight excluding hydrogens is 258 g/mol. The minimum Gasteiger partial charge on any atom is -0.493 e. The van der Waals surface area contributed by atoms with Crippen molar-refractivity contribution < 1.29 is 4.74 Å². The molecule has 2 heteroatoms. The lowest BCUT2D eigenvalue weighted by Gasteiger charge is -2.28. The fourth-order valence-electron chi connectivity index (χ4n) is 5.03. The van der Waals surface area contributed by atoms with Crippen molar-refractivity contribution >= 4 is 0 Å². The molecule has 1 aromatic carbocycles. The molecule has 0 amide bonds. The van der Waals surface area contributed by atoms with E-state index in [0.717, 1.165) is 30.1 Å². The maximum atomic E-state index is 6.31. The fraction of sp³-hybridized carbons (Fsp3) is 0.684. The molecule has 2 saturated carbocycles. The van der Waals surface area contributed by atoms with E-state index in [2.05, 4.69) is 30.6 Å². The van der Waals surface area contributed by atoms with Gasteiger partial charge in [-0.25, -0.2) is 0 Å². The SMILES string of the molecule is CNC1CCCc2c(OCC3CC4CCC3C4)cccc21. The van der Waals surface area contributed by atoms with E-state index in [1.807, 2.05) is 0 Å². The molecule has 4 atom stereocenters. The van der Waals surface area contributed by atoms with Crippen molar-refractivity contribution in [3.8, 4) is 5.75 Å². The van der Waals surface area contributed by atoms with Crippen LogP contribution in [0.2, 0.25) is 0 Å². The molecule has 114 valence electrons. The summed E-state index contributed by atoms with van der Waals surface area (Å²) in [5.41, 5.74) is 2.93. The summed E-state index contributed by atoms with van der Waals surface area (Å²) in [7, 11) is 2.07. The summed E-state index contributed by atoms with van der Waals surface area (Å²) in [6.45, 7) is 0.946. The molecule has 4 rings (SSSR count). The van der Waals surface area contributed by atoms with Gasteiger partial charge in [0.15, 0.2) is 0 Å². The Morgan fingerprint density at radius 2 is 2.14 bits per heavy atom. The lowest BCUT2D eigenvalue weighted by Crippen LogP contribution is -2.23. The normalized spacial score (nSPS) is 34.0. The molecule has 0 saturated heterocycles. The number of nitrogens with one attached hydrogen (secondary N) is 1. The largest absolute Gasteiger partial charge is 0.493 e. The lowest BCUT2D eigenvalue weighted by molar-refractivity contribution is 0.193. The highest BCUT2D eigenvalue weighted by atomic mass is 16.5. The van der Waals surface area contributed by atoms with E-state index in [0.29, 0.717) is 6.04 Å². The Labute approximate surface area is 128 Å². The molecule has 2 nitrogen and oxygen atoms in total. The Kier molecular flexibility index (Phi) is 3.66. The minimum atomic E-state index is 0.514. The van der Waals surface area contributed by atoms with Crippen molar-refractivity contribution in [2.75, 3.05) is 13.7 Å². The van der Waals surface area contributed by atoms with Gasteiger partial charge in [-0.15, -0.1) is 0 Å². The van der Waals surface area contributed by atoms with E-state index >= 15 is 0 Å². The first-order chi connectivity index (χ1) is 10.3. The molecule has 4 unspecified atom stereocenters. The molecule has 2 fully saturated rings. The van der Waals surface area contributed by atoms with Crippen molar-refractivity contribution in [2.45, 2.75) is 51.0 Å². The third-order valence-electron chi connectivity index (χ3n) is 6.15. The second kappa shape index (κ2) is 5.64. The smallest absolute Gasteiger partial charge is 0.122 e. The zero-order valence-electron chi connectivity index (χ0n) is 13.1. The Morgan fingerprint density at radius 3 is 2.90 bits per heavy atom. The van der Waals surface area contributed by atoms with Gasteiger partial charge < -0.3 is 10.1 Å². The molecule has 1 aromatic rings. The van der Waals surface area contributed by atoms with Gasteiger partial charge in [0.2, 0.25) is 0 Å². The van der Waals surface area contributed by atoms with Crippen LogP contribution in [0.5, 0.6) is 5.75 Å². The highest BCUT2D eigenvalue weighted by Crippen LogP contribution is 2.48. The second-order valence-electron chi connectivity index (χ2n) is 7.30. The topological polar surface area (TPSA) is 21.3 Å². The van der Waals surface area contributed by atoms with E-state index < -0.39 is 0 Å². The zero-order chi connectivity index (χ0) is 14.2. The van der Waals surface area contributed by atoms with Gasteiger partial charge in [-0.1, -0.05) is 18.6 Å². The zero-order valence-corrected chi connectivity index (χ0v) is 13.1. The predicted octanol–water partition coefficient (Wildman–Crippen LogP) is 4.10. The monoisotopic (exact) mass is 285 g/mol. The van der Waals surface area contributed by atoms with E-state index in [-0.39, 0.29) is 0 Å². The Morgan fingerprint density at radius 1 is 1.19 bits per heavy atom. The average Bonchev–Trinajstić information content (AvgIpc) is 3.15. The summed E-state index contributed by atoms with van der Waals surface area (Å²) in [4.78, 5) is 0. The quantitative estimate of drug-likeness (QED) is 0.899. The van der Waals surface area contributed by atoms with E-state index in [4.69, 9.17) is 4.74 Å². The van der Waals surface area contributed by atoms with Gasteiger partial charge >= 0.3 is 0 Å². The number of hydrogen-bond donors (Lipinski definition) is 1.